The Bertz CT molecular complexity index is 918. The molecule has 0 aliphatic carbocycles. The van der Waals surface area contributed by atoms with Crippen LogP contribution in [0.25, 0.3) is 10.8 Å². The van der Waals surface area contributed by atoms with Gasteiger partial charge in [-0.1, -0.05) is 41.6 Å². The molecule has 0 spiro atoms. The molecule has 0 fully saturated rings. The molecule has 2 aromatic carbocycles. The summed E-state index contributed by atoms with van der Waals surface area (Å²) in [6.07, 6.45) is 1.32. The van der Waals surface area contributed by atoms with E-state index in [1.54, 1.807) is 6.92 Å². The summed E-state index contributed by atoms with van der Waals surface area (Å²) < 4.78 is 9.65. The fraction of sp³-hybridized carbons (Fsp3) is 0.211. The Hall–Kier alpha value is -3.15. The van der Waals surface area contributed by atoms with Gasteiger partial charge in [0.2, 0.25) is 0 Å². The number of fused-ring (bicyclic) bond motifs is 1. The molecule has 0 saturated heterocycles. The van der Waals surface area contributed by atoms with E-state index in [0.717, 1.165) is 16.3 Å². The molecule has 1 amide bonds. The molecule has 0 aliphatic rings. The van der Waals surface area contributed by atoms with E-state index in [4.69, 9.17) is 9.26 Å². The molecule has 0 unspecified atom stereocenters. The maximum atomic E-state index is 13.1. The van der Waals surface area contributed by atoms with Gasteiger partial charge in [0, 0.05) is 11.5 Å². The Labute approximate surface area is 145 Å². The van der Waals surface area contributed by atoms with Crippen LogP contribution in [0.5, 0.6) is 0 Å². The smallest absolute Gasteiger partial charge is 0.328 e. The lowest BCUT2D eigenvalue weighted by atomic mass is 10.0. The van der Waals surface area contributed by atoms with Gasteiger partial charge in [-0.25, -0.2) is 4.79 Å². The van der Waals surface area contributed by atoms with Gasteiger partial charge in [-0.15, -0.1) is 0 Å². The molecule has 25 heavy (non-hydrogen) atoms. The largest absolute Gasteiger partial charge is 0.467 e. The fourth-order valence-corrected chi connectivity index (χ4v) is 2.88. The number of anilines is 1. The number of hydrogen-bond donors (Lipinski definition) is 0. The van der Waals surface area contributed by atoms with Crippen LogP contribution < -0.4 is 4.90 Å². The highest BCUT2D eigenvalue weighted by Crippen LogP contribution is 2.33. The summed E-state index contributed by atoms with van der Waals surface area (Å²) in [7, 11) is 1.30. The quantitative estimate of drug-likeness (QED) is 0.682. The topological polar surface area (TPSA) is 72.6 Å². The summed E-state index contributed by atoms with van der Waals surface area (Å²) in [5.41, 5.74) is 1.65. The molecule has 1 heterocycles. The van der Waals surface area contributed by atoms with Crippen LogP contribution in [0.3, 0.4) is 0 Å². The second-order valence-electron chi connectivity index (χ2n) is 5.71. The van der Waals surface area contributed by atoms with E-state index in [1.165, 1.54) is 24.3 Å². The van der Waals surface area contributed by atoms with Crippen molar-refractivity contribution in [2.45, 2.75) is 19.9 Å². The Morgan fingerprint density at radius 2 is 1.92 bits per heavy atom. The van der Waals surface area contributed by atoms with Gasteiger partial charge in [-0.2, -0.15) is 0 Å². The normalized spacial score (nSPS) is 12.0. The number of nitrogens with zero attached hydrogens (tertiary/aromatic N) is 2. The first-order valence-corrected chi connectivity index (χ1v) is 7.84. The number of ether oxygens (including phenoxy) is 1. The average Bonchev–Trinajstić information content (AvgIpc) is 3.17. The molecule has 0 bridgehead atoms. The Morgan fingerprint density at radius 1 is 1.16 bits per heavy atom. The summed E-state index contributed by atoms with van der Waals surface area (Å²) in [6, 6.07) is 12.3. The van der Waals surface area contributed by atoms with Crippen molar-refractivity contribution in [1.82, 2.24) is 5.16 Å². The van der Waals surface area contributed by atoms with Crippen LogP contribution in [-0.2, 0) is 9.53 Å². The van der Waals surface area contributed by atoms with E-state index in [0.29, 0.717) is 5.69 Å². The van der Waals surface area contributed by atoms with Crippen molar-refractivity contribution in [3.63, 3.8) is 0 Å². The molecule has 3 rings (SSSR count). The Kier molecular flexibility index (Phi) is 4.52. The number of amides is 1. The second kappa shape index (κ2) is 6.76. The second-order valence-corrected chi connectivity index (χ2v) is 5.71. The van der Waals surface area contributed by atoms with E-state index in [1.807, 2.05) is 43.3 Å². The third kappa shape index (κ3) is 2.98. The summed E-state index contributed by atoms with van der Waals surface area (Å²) in [4.78, 5) is 26.7. The van der Waals surface area contributed by atoms with Crippen molar-refractivity contribution < 1.29 is 18.8 Å². The maximum absolute atomic E-state index is 13.1. The number of carbonyl (C=O) groups excluding carboxylic acids is 2. The highest BCUT2D eigenvalue weighted by atomic mass is 16.5. The number of aryl methyl sites for hydroxylation is 1. The zero-order chi connectivity index (χ0) is 18.0. The Balaban J connectivity index is 2.23. The van der Waals surface area contributed by atoms with E-state index in [-0.39, 0.29) is 5.69 Å². The van der Waals surface area contributed by atoms with Crippen LogP contribution in [0, 0.1) is 6.92 Å². The van der Waals surface area contributed by atoms with Crippen LogP contribution in [0.4, 0.5) is 5.69 Å². The molecule has 3 aromatic rings. The molecule has 0 saturated carbocycles. The lowest BCUT2D eigenvalue weighted by molar-refractivity contribution is -0.141. The van der Waals surface area contributed by atoms with Gasteiger partial charge in [-0.05, 0) is 24.8 Å². The van der Waals surface area contributed by atoms with Gasteiger partial charge in [0.05, 0.1) is 12.8 Å². The number of methoxy groups -OCH3 is 1. The van der Waals surface area contributed by atoms with Crippen LogP contribution >= 0.6 is 0 Å². The zero-order valence-electron chi connectivity index (χ0n) is 14.2. The van der Waals surface area contributed by atoms with Crippen molar-refractivity contribution in [3.8, 4) is 0 Å². The SMILES string of the molecule is COC(=O)[C@H](C)N(C(=O)c1ccon1)c1c(C)ccc2ccccc12. The standard InChI is InChI=1S/C19H18N2O4/c1-12-8-9-14-6-4-5-7-15(14)17(12)21(13(2)19(23)24-3)18(22)16-10-11-25-20-16/h4-11,13H,1-3H3/t13-/m0/s1. The van der Waals surface area contributed by atoms with Crippen LogP contribution in [0.15, 0.2) is 53.3 Å². The van der Waals surface area contributed by atoms with Gasteiger partial charge in [0.15, 0.2) is 5.69 Å². The predicted molar refractivity (Wildman–Crippen MR) is 93.5 cm³/mol. The summed E-state index contributed by atoms with van der Waals surface area (Å²) >= 11 is 0. The summed E-state index contributed by atoms with van der Waals surface area (Å²) in [6.45, 7) is 3.53. The van der Waals surface area contributed by atoms with Crippen molar-refractivity contribution in [1.29, 1.82) is 0 Å². The fourth-order valence-electron chi connectivity index (χ4n) is 2.88. The monoisotopic (exact) mass is 338 g/mol. The number of carbonyl (C=O) groups is 2. The third-order valence-corrected chi connectivity index (χ3v) is 4.15. The molecule has 0 aliphatic heterocycles. The summed E-state index contributed by atoms with van der Waals surface area (Å²) in [5, 5.41) is 5.56. The molecular weight excluding hydrogens is 320 g/mol. The molecule has 0 N–H and O–H groups in total. The van der Waals surface area contributed by atoms with E-state index >= 15 is 0 Å². The van der Waals surface area contributed by atoms with Crippen molar-refractivity contribution >= 4 is 28.3 Å². The number of aromatic nitrogens is 1. The van der Waals surface area contributed by atoms with Crippen molar-refractivity contribution in [3.05, 3.63) is 60.0 Å². The van der Waals surface area contributed by atoms with Crippen molar-refractivity contribution in [2.24, 2.45) is 0 Å². The first-order valence-electron chi connectivity index (χ1n) is 7.84. The van der Waals surface area contributed by atoms with Gasteiger partial charge in [0.1, 0.15) is 12.3 Å². The third-order valence-electron chi connectivity index (χ3n) is 4.15. The lowest BCUT2D eigenvalue weighted by Crippen LogP contribution is -2.44. The van der Waals surface area contributed by atoms with Gasteiger partial charge < -0.3 is 9.26 Å². The van der Waals surface area contributed by atoms with Crippen LogP contribution in [0.2, 0.25) is 0 Å². The average molecular weight is 338 g/mol. The number of benzene rings is 2. The van der Waals surface area contributed by atoms with Gasteiger partial charge in [-0.3, -0.25) is 9.69 Å². The molecule has 0 radical (unpaired) electrons. The highest BCUT2D eigenvalue weighted by molar-refractivity contribution is 6.13. The highest BCUT2D eigenvalue weighted by Gasteiger charge is 2.32. The maximum Gasteiger partial charge on any atom is 0.328 e. The van der Waals surface area contributed by atoms with E-state index in [9.17, 15) is 9.59 Å². The Morgan fingerprint density at radius 3 is 2.60 bits per heavy atom. The van der Waals surface area contributed by atoms with Gasteiger partial charge >= 0.3 is 5.97 Å². The number of hydrogen-bond acceptors (Lipinski definition) is 5. The lowest BCUT2D eigenvalue weighted by Gasteiger charge is -2.29. The molecule has 128 valence electrons. The summed E-state index contributed by atoms with van der Waals surface area (Å²) in [5.74, 6) is -0.935. The molecule has 1 aromatic heterocycles. The molecule has 6 nitrogen and oxygen atoms in total. The zero-order valence-corrected chi connectivity index (χ0v) is 14.2. The first kappa shape index (κ1) is 16.7. The van der Waals surface area contributed by atoms with Gasteiger partial charge in [0.25, 0.3) is 5.91 Å². The predicted octanol–water partition coefficient (Wildman–Crippen LogP) is 3.34. The number of esters is 1. The van der Waals surface area contributed by atoms with Crippen molar-refractivity contribution in [2.75, 3.05) is 12.0 Å². The van der Waals surface area contributed by atoms with E-state index < -0.39 is 17.9 Å². The molecule has 1 atom stereocenters. The molecule has 6 heteroatoms. The van der Waals surface area contributed by atoms with Crippen LogP contribution in [0.1, 0.15) is 23.0 Å². The minimum Gasteiger partial charge on any atom is -0.467 e. The minimum atomic E-state index is -0.821. The first-order chi connectivity index (χ1) is 12.0. The number of rotatable bonds is 4. The minimum absolute atomic E-state index is 0.128. The van der Waals surface area contributed by atoms with E-state index in [2.05, 4.69) is 5.16 Å². The molecular formula is C19H18N2O4. The van der Waals surface area contributed by atoms with Crippen LogP contribution in [-0.4, -0.2) is 30.2 Å².